The van der Waals surface area contributed by atoms with Crippen molar-refractivity contribution >= 4 is 23.3 Å². The topological polar surface area (TPSA) is 92.9 Å². The maximum Gasteiger partial charge on any atom is 0.301 e. The van der Waals surface area contributed by atoms with E-state index in [0.29, 0.717) is 29.2 Å². The van der Waals surface area contributed by atoms with Crippen molar-refractivity contribution in [2.24, 2.45) is 0 Å². The molecular weight excluding hydrogens is 396 g/mol. The molecule has 1 fully saturated rings. The zero-order valence-corrected chi connectivity index (χ0v) is 17.2. The number of nitrogens with zero attached hydrogens (tertiary/aromatic N) is 2. The summed E-state index contributed by atoms with van der Waals surface area (Å²) < 4.78 is 10.8. The molecule has 1 aliphatic rings. The van der Waals surface area contributed by atoms with E-state index >= 15 is 0 Å². The van der Waals surface area contributed by atoms with Gasteiger partial charge in [-0.1, -0.05) is 54.5 Å². The number of hydrogen-bond donors (Lipinski definition) is 1. The third-order valence-electron chi connectivity index (χ3n) is 5.02. The fourth-order valence-electron chi connectivity index (χ4n) is 3.57. The average molecular weight is 418 g/mol. The van der Waals surface area contributed by atoms with Crippen LogP contribution in [-0.2, 0) is 9.59 Å². The third-order valence-corrected chi connectivity index (χ3v) is 5.02. The minimum atomic E-state index is -0.857. The van der Waals surface area contributed by atoms with Crippen LogP contribution in [0.25, 0.3) is 5.76 Å². The number of hydrogen-bond acceptors (Lipinski definition) is 6. The Hall–Kier alpha value is -3.87. The van der Waals surface area contributed by atoms with Crippen molar-refractivity contribution < 1.29 is 24.0 Å². The second kappa shape index (κ2) is 8.47. The van der Waals surface area contributed by atoms with E-state index in [1.165, 1.54) is 4.90 Å². The number of rotatable bonds is 6. The van der Waals surface area contributed by atoms with E-state index in [4.69, 9.17) is 9.26 Å². The monoisotopic (exact) mass is 418 g/mol. The van der Waals surface area contributed by atoms with E-state index < -0.39 is 17.7 Å². The number of aliphatic hydroxyl groups excluding tert-OH is 1. The Bertz CT molecular complexity index is 1130. The lowest BCUT2D eigenvalue weighted by Gasteiger charge is -2.23. The number of amides is 1. The van der Waals surface area contributed by atoms with Crippen LogP contribution in [0.3, 0.4) is 0 Å². The van der Waals surface area contributed by atoms with Gasteiger partial charge < -0.3 is 14.4 Å². The molecular formula is C24H22N2O5. The summed E-state index contributed by atoms with van der Waals surface area (Å²) in [4.78, 5) is 27.2. The minimum Gasteiger partial charge on any atom is -0.507 e. The highest BCUT2D eigenvalue weighted by Crippen LogP contribution is 2.42. The fraction of sp³-hybridized carbons (Fsp3) is 0.208. The number of ketones is 1. The molecule has 1 aromatic heterocycles. The molecule has 7 nitrogen and oxygen atoms in total. The molecule has 1 aliphatic heterocycles. The van der Waals surface area contributed by atoms with Gasteiger partial charge in [-0.05, 0) is 31.0 Å². The Balaban J connectivity index is 1.85. The predicted octanol–water partition coefficient (Wildman–Crippen LogP) is 4.40. The summed E-state index contributed by atoms with van der Waals surface area (Å²) in [5, 5.41) is 14.9. The highest BCUT2D eigenvalue weighted by Gasteiger charge is 2.48. The number of benzene rings is 2. The second-order valence-electron chi connectivity index (χ2n) is 7.25. The lowest BCUT2D eigenvalue weighted by molar-refractivity contribution is -0.132. The van der Waals surface area contributed by atoms with Crippen molar-refractivity contribution in [2.45, 2.75) is 26.3 Å². The molecule has 31 heavy (non-hydrogen) atoms. The molecule has 3 aromatic rings. The van der Waals surface area contributed by atoms with Gasteiger partial charge in [-0.2, -0.15) is 0 Å². The van der Waals surface area contributed by atoms with E-state index in [1.54, 1.807) is 67.6 Å². The first-order valence-electron chi connectivity index (χ1n) is 10.0. The lowest BCUT2D eigenvalue weighted by Crippen LogP contribution is -2.29. The van der Waals surface area contributed by atoms with Crippen molar-refractivity contribution in [3.63, 3.8) is 0 Å². The highest BCUT2D eigenvalue weighted by atomic mass is 16.5. The molecule has 2 aromatic carbocycles. The van der Waals surface area contributed by atoms with Gasteiger partial charge in [0.15, 0.2) is 5.82 Å². The number of Topliss-reactive ketones (excluding diaryl/α,β-unsaturated/α-hetero) is 1. The van der Waals surface area contributed by atoms with Gasteiger partial charge in [0.05, 0.1) is 18.2 Å². The van der Waals surface area contributed by atoms with Gasteiger partial charge in [-0.3, -0.25) is 14.5 Å². The fourth-order valence-corrected chi connectivity index (χ4v) is 3.57. The summed E-state index contributed by atoms with van der Waals surface area (Å²) in [5.74, 6) is -0.397. The Morgan fingerprint density at radius 3 is 2.45 bits per heavy atom. The molecule has 2 heterocycles. The van der Waals surface area contributed by atoms with Crippen molar-refractivity contribution in [1.29, 1.82) is 0 Å². The van der Waals surface area contributed by atoms with Crippen LogP contribution in [0.4, 0.5) is 5.82 Å². The molecule has 1 atom stereocenters. The zero-order chi connectivity index (χ0) is 22.0. The largest absolute Gasteiger partial charge is 0.507 e. The van der Waals surface area contributed by atoms with Gasteiger partial charge in [0.2, 0.25) is 0 Å². The summed E-state index contributed by atoms with van der Waals surface area (Å²) >= 11 is 0. The smallest absolute Gasteiger partial charge is 0.301 e. The summed E-state index contributed by atoms with van der Waals surface area (Å²) in [5.41, 5.74) is 1.09. The van der Waals surface area contributed by atoms with E-state index in [2.05, 4.69) is 5.16 Å². The van der Waals surface area contributed by atoms with Crippen LogP contribution in [0.2, 0.25) is 0 Å². The second-order valence-corrected chi connectivity index (χ2v) is 7.25. The molecule has 0 saturated carbocycles. The first-order valence-corrected chi connectivity index (χ1v) is 10.0. The Morgan fingerprint density at radius 2 is 1.84 bits per heavy atom. The number of aliphatic hydroxyl groups is 1. The van der Waals surface area contributed by atoms with Gasteiger partial charge in [0.1, 0.15) is 17.3 Å². The number of aryl methyl sites for hydroxylation is 1. The minimum absolute atomic E-state index is 0.000852. The summed E-state index contributed by atoms with van der Waals surface area (Å²) in [6, 6.07) is 16.5. The SMILES string of the molecule is CCCOc1ccc([C@H]2/C(=C(\O)c3ccccc3)C(=O)C(=O)N2c2cc(C)on2)cc1. The van der Waals surface area contributed by atoms with Crippen LogP contribution in [0, 0.1) is 6.92 Å². The predicted molar refractivity (Wildman–Crippen MR) is 115 cm³/mol. The van der Waals surface area contributed by atoms with Crippen molar-refractivity contribution in [1.82, 2.24) is 5.16 Å². The quantitative estimate of drug-likeness (QED) is 0.362. The van der Waals surface area contributed by atoms with Crippen molar-refractivity contribution in [2.75, 3.05) is 11.5 Å². The summed E-state index contributed by atoms with van der Waals surface area (Å²) in [6.45, 7) is 4.31. The van der Waals surface area contributed by atoms with Crippen LogP contribution in [0.15, 0.2) is 70.8 Å². The molecule has 7 heteroatoms. The number of carbonyl (C=O) groups is 2. The molecule has 1 N–H and O–H groups in total. The van der Waals surface area contributed by atoms with Crippen LogP contribution in [0.1, 0.15) is 36.3 Å². The molecule has 0 spiro atoms. The van der Waals surface area contributed by atoms with E-state index in [-0.39, 0.29) is 17.2 Å². The van der Waals surface area contributed by atoms with Gasteiger partial charge in [-0.15, -0.1) is 0 Å². The summed E-state index contributed by atoms with van der Waals surface area (Å²) in [6.07, 6.45) is 0.879. The van der Waals surface area contributed by atoms with E-state index in [0.717, 1.165) is 6.42 Å². The van der Waals surface area contributed by atoms with Crippen LogP contribution >= 0.6 is 0 Å². The van der Waals surface area contributed by atoms with Crippen molar-refractivity contribution in [3.05, 3.63) is 83.1 Å². The number of ether oxygens (including phenoxy) is 1. The standard InChI is InChI=1S/C24H22N2O5/c1-3-13-30-18-11-9-16(10-12-18)21-20(22(27)17-7-5-4-6-8-17)23(28)24(29)26(21)19-14-15(2)31-25-19/h4-12,14,21,27H,3,13H2,1-2H3/b22-20+/t21-/m0/s1. The lowest BCUT2D eigenvalue weighted by atomic mass is 9.95. The number of anilines is 1. The first-order chi connectivity index (χ1) is 15.0. The number of aromatic nitrogens is 1. The van der Waals surface area contributed by atoms with Crippen LogP contribution in [0.5, 0.6) is 5.75 Å². The number of carbonyl (C=O) groups excluding carboxylic acids is 2. The molecule has 0 bridgehead atoms. The zero-order valence-electron chi connectivity index (χ0n) is 17.2. The molecule has 1 saturated heterocycles. The van der Waals surface area contributed by atoms with Crippen LogP contribution < -0.4 is 9.64 Å². The molecule has 4 rings (SSSR count). The molecule has 0 aliphatic carbocycles. The Kier molecular flexibility index (Phi) is 5.58. The maximum atomic E-state index is 13.0. The molecule has 0 radical (unpaired) electrons. The molecule has 158 valence electrons. The molecule has 1 amide bonds. The summed E-state index contributed by atoms with van der Waals surface area (Å²) in [7, 11) is 0. The van der Waals surface area contributed by atoms with Gasteiger partial charge in [0, 0.05) is 11.6 Å². The van der Waals surface area contributed by atoms with Gasteiger partial charge in [-0.25, -0.2) is 0 Å². The van der Waals surface area contributed by atoms with Gasteiger partial charge in [0.25, 0.3) is 5.78 Å². The average Bonchev–Trinajstić information content (AvgIpc) is 3.33. The maximum absolute atomic E-state index is 13.0. The van der Waals surface area contributed by atoms with Crippen molar-refractivity contribution in [3.8, 4) is 5.75 Å². The van der Waals surface area contributed by atoms with E-state index in [1.807, 2.05) is 6.92 Å². The molecule has 0 unspecified atom stereocenters. The highest BCUT2D eigenvalue weighted by molar-refractivity contribution is 6.51. The van der Waals surface area contributed by atoms with E-state index in [9.17, 15) is 14.7 Å². The first kappa shape index (κ1) is 20.4. The normalized spacial score (nSPS) is 17.9. The van der Waals surface area contributed by atoms with Crippen LogP contribution in [-0.4, -0.2) is 28.6 Å². The van der Waals surface area contributed by atoms with Gasteiger partial charge >= 0.3 is 5.91 Å². The third kappa shape index (κ3) is 3.82. The Morgan fingerprint density at radius 1 is 1.13 bits per heavy atom. The Labute approximate surface area is 179 Å².